The molecule has 0 saturated carbocycles. The number of benzene rings is 2. The Morgan fingerprint density at radius 2 is 1.90 bits per heavy atom. The topological polar surface area (TPSA) is 137 Å². The van der Waals surface area contributed by atoms with E-state index in [1.54, 1.807) is 49.5 Å². The molecule has 1 atom stereocenters. The van der Waals surface area contributed by atoms with Crippen LogP contribution in [0.3, 0.4) is 0 Å². The lowest BCUT2D eigenvalue weighted by atomic mass is 9.81. The maximum absolute atomic E-state index is 13.5. The first-order chi connectivity index (χ1) is 18.6. The van der Waals surface area contributed by atoms with E-state index in [0.29, 0.717) is 46.3 Å². The zero-order valence-electron chi connectivity index (χ0n) is 20.3. The molecular weight excluding hydrogens is 521 g/mol. The van der Waals surface area contributed by atoms with Gasteiger partial charge < -0.3 is 24.4 Å². The molecule has 0 aliphatic carbocycles. The second kappa shape index (κ2) is 11.2. The first-order valence-electron chi connectivity index (χ1n) is 11.4. The average molecular weight is 542 g/mol. The van der Waals surface area contributed by atoms with Crippen molar-refractivity contribution in [2.45, 2.75) is 25.2 Å². The van der Waals surface area contributed by atoms with E-state index < -0.39 is 17.8 Å². The van der Waals surface area contributed by atoms with Gasteiger partial charge in [-0.1, -0.05) is 29.4 Å². The summed E-state index contributed by atoms with van der Waals surface area (Å²) in [7, 11) is 0. The highest BCUT2D eigenvalue weighted by Crippen LogP contribution is 2.41. The molecule has 0 bridgehead atoms. The summed E-state index contributed by atoms with van der Waals surface area (Å²) in [6.45, 7) is 1.67. The molecule has 4 aromatic rings. The van der Waals surface area contributed by atoms with Crippen LogP contribution >= 0.6 is 0 Å². The Balaban J connectivity index is 0.00000112. The van der Waals surface area contributed by atoms with E-state index >= 15 is 0 Å². The van der Waals surface area contributed by atoms with Gasteiger partial charge in [0.15, 0.2) is 0 Å². The third-order valence-electron chi connectivity index (χ3n) is 5.73. The van der Waals surface area contributed by atoms with Crippen LogP contribution in [0.4, 0.5) is 13.2 Å². The molecule has 202 valence electrons. The molecule has 0 spiro atoms. The largest absolute Gasteiger partial charge is 0.573 e. The third kappa shape index (κ3) is 6.14. The molecule has 13 heteroatoms. The Morgan fingerprint density at radius 3 is 2.56 bits per heavy atom. The molecule has 2 N–H and O–H groups in total. The van der Waals surface area contributed by atoms with Gasteiger partial charge in [-0.05, 0) is 42.0 Å². The van der Waals surface area contributed by atoms with E-state index in [0.717, 1.165) is 0 Å². The van der Waals surface area contributed by atoms with Crippen LogP contribution in [0.15, 0.2) is 71.4 Å². The number of alkyl halides is 3. The SMILES string of the molecule is Cc1nc(-c2cccc(C(=O)NC3(c4ccc(OC(F)(F)F)cc4)CCOc4cccnc43)c2)no1.O=CO. The van der Waals surface area contributed by atoms with Gasteiger partial charge in [-0.15, -0.1) is 13.2 Å². The van der Waals surface area contributed by atoms with Gasteiger partial charge in [-0.25, -0.2) is 0 Å². The van der Waals surface area contributed by atoms with Crippen molar-refractivity contribution in [2.24, 2.45) is 0 Å². The van der Waals surface area contributed by atoms with E-state index in [-0.39, 0.29) is 18.8 Å². The molecule has 1 amide bonds. The smallest absolute Gasteiger partial charge is 0.491 e. The number of fused-ring (bicyclic) bond motifs is 1. The second-order valence-electron chi connectivity index (χ2n) is 8.20. The molecule has 2 aromatic heterocycles. The highest BCUT2D eigenvalue weighted by Gasteiger charge is 2.43. The van der Waals surface area contributed by atoms with E-state index in [1.807, 2.05) is 0 Å². The van der Waals surface area contributed by atoms with Gasteiger partial charge in [0.2, 0.25) is 11.7 Å². The number of carbonyl (C=O) groups excluding carboxylic acids is 1. The zero-order chi connectivity index (χ0) is 28.0. The fraction of sp³-hybridized carbons (Fsp3) is 0.192. The normalized spacial score (nSPS) is 16.1. The maximum atomic E-state index is 13.5. The van der Waals surface area contributed by atoms with Crippen molar-refractivity contribution in [3.8, 4) is 22.9 Å². The van der Waals surface area contributed by atoms with Crippen molar-refractivity contribution in [1.29, 1.82) is 0 Å². The Hall–Kier alpha value is -4.94. The van der Waals surface area contributed by atoms with Crippen molar-refractivity contribution in [2.75, 3.05) is 6.61 Å². The Morgan fingerprint density at radius 1 is 1.15 bits per heavy atom. The summed E-state index contributed by atoms with van der Waals surface area (Å²) in [6.07, 6.45) is -2.96. The van der Waals surface area contributed by atoms with Crippen LogP contribution < -0.4 is 14.8 Å². The minimum atomic E-state index is -4.82. The fourth-order valence-corrected chi connectivity index (χ4v) is 4.16. The molecule has 1 aliphatic heterocycles. The number of halogens is 3. The molecule has 0 radical (unpaired) electrons. The van der Waals surface area contributed by atoms with Gasteiger partial charge in [0.05, 0.1) is 6.61 Å². The quantitative estimate of drug-likeness (QED) is 0.349. The molecule has 0 saturated heterocycles. The molecule has 39 heavy (non-hydrogen) atoms. The number of hydrogen-bond donors (Lipinski definition) is 2. The monoisotopic (exact) mass is 542 g/mol. The summed E-state index contributed by atoms with van der Waals surface area (Å²) >= 11 is 0. The number of carboxylic acid groups (broad SMARTS) is 1. The Labute approximate surface area is 219 Å². The van der Waals surface area contributed by atoms with Crippen LogP contribution in [-0.2, 0) is 10.3 Å². The van der Waals surface area contributed by atoms with Crippen molar-refractivity contribution in [1.82, 2.24) is 20.4 Å². The van der Waals surface area contributed by atoms with E-state index in [1.165, 1.54) is 24.3 Å². The molecule has 1 unspecified atom stereocenters. The summed E-state index contributed by atoms with van der Waals surface area (Å²) in [4.78, 5) is 30.5. The van der Waals surface area contributed by atoms with Crippen LogP contribution in [0.5, 0.6) is 11.5 Å². The lowest BCUT2D eigenvalue weighted by Crippen LogP contribution is -2.50. The van der Waals surface area contributed by atoms with E-state index in [9.17, 15) is 18.0 Å². The van der Waals surface area contributed by atoms with Crippen LogP contribution in [0.25, 0.3) is 11.4 Å². The first-order valence-corrected chi connectivity index (χ1v) is 11.4. The third-order valence-corrected chi connectivity index (χ3v) is 5.73. The summed E-state index contributed by atoms with van der Waals surface area (Å²) < 4.78 is 52.8. The fourth-order valence-electron chi connectivity index (χ4n) is 4.16. The predicted molar refractivity (Wildman–Crippen MR) is 129 cm³/mol. The van der Waals surface area contributed by atoms with Gasteiger partial charge in [0, 0.05) is 30.7 Å². The highest BCUT2D eigenvalue weighted by molar-refractivity contribution is 5.96. The number of amides is 1. The Kier molecular flexibility index (Phi) is 7.79. The lowest BCUT2D eigenvalue weighted by molar-refractivity contribution is -0.274. The molecule has 3 heterocycles. The average Bonchev–Trinajstić information content (AvgIpc) is 3.35. The van der Waals surface area contributed by atoms with Crippen LogP contribution in [0.2, 0.25) is 0 Å². The van der Waals surface area contributed by atoms with Gasteiger partial charge in [0.1, 0.15) is 22.7 Å². The van der Waals surface area contributed by atoms with Gasteiger partial charge >= 0.3 is 6.36 Å². The number of ether oxygens (including phenoxy) is 2. The van der Waals surface area contributed by atoms with Crippen molar-refractivity contribution < 1.29 is 41.9 Å². The second-order valence-corrected chi connectivity index (χ2v) is 8.20. The minimum absolute atomic E-state index is 0.250. The summed E-state index contributed by atoms with van der Waals surface area (Å²) in [6, 6.07) is 15.5. The number of aryl methyl sites for hydroxylation is 1. The molecule has 1 aliphatic rings. The summed E-state index contributed by atoms with van der Waals surface area (Å²) in [5, 5.41) is 13.8. The molecular formula is C26H21F3N4O6. The number of hydrogen-bond acceptors (Lipinski definition) is 8. The van der Waals surface area contributed by atoms with Crippen molar-refractivity contribution in [3.05, 3.63) is 89.6 Å². The van der Waals surface area contributed by atoms with Crippen LogP contribution in [0, 0.1) is 6.92 Å². The van der Waals surface area contributed by atoms with E-state index in [4.69, 9.17) is 19.2 Å². The first kappa shape index (κ1) is 27.1. The lowest BCUT2D eigenvalue weighted by Gasteiger charge is -2.39. The summed E-state index contributed by atoms with van der Waals surface area (Å²) in [5.74, 6) is 0.405. The Bertz CT molecular complexity index is 1460. The highest BCUT2D eigenvalue weighted by atomic mass is 19.4. The van der Waals surface area contributed by atoms with Gasteiger partial charge in [-0.2, -0.15) is 4.98 Å². The van der Waals surface area contributed by atoms with Crippen LogP contribution in [-0.4, -0.2) is 45.6 Å². The van der Waals surface area contributed by atoms with Crippen molar-refractivity contribution >= 4 is 12.4 Å². The van der Waals surface area contributed by atoms with Crippen molar-refractivity contribution in [3.63, 3.8) is 0 Å². The van der Waals surface area contributed by atoms with E-state index in [2.05, 4.69) is 25.2 Å². The van der Waals surface area contributed by atoms with Gasteiger partial charge in [-0.3, -0.25) is 14.6 Å². The predicted octanol–water partition coefficient (Wildman–Crippen LogP) is 4.50. The number of carbonyl (C=O) groups is 2. The number of aromatic nitrogens is 3. The molecule has 0 fully saturated rings. The van der Waals surface area contributed by atoms with Crippen LogP contribution in [0.1, 0.15) is 33.9 Å². The standard InChI is InChI=1S/C25H19F3N4O4.CH2O2/c1-15-30-22(32-36-15)16-4-2-5-17(14-16)23(33)31-24(11-13-34-20-6-3-12-29-21(20)24)18-7-9-19(10-8-18)35-25(26,27)28;2-1-3/h2-10,12,14H,11,13H2,1H3,(H,31,33);1H,(H,2,3). The molecule has 2 aromatic carbocycles. The number of nitrogens with one attached hydrogen (secondary N) is 1. The molecule has 5 rings (SSSR count). The number of nitrogens with zero attached hydrogens (tertiary/aromatic N) is 3. The maximum Gasteiger partial charge on any atom is 0.573 e. The number of pyridine rings is 1. The van der Waals surface area contributed by atoms with Gasteiger partial charge in [0.25, 0.3) is 12.4 Å². The zero-order valence-corrected chi connectivity index (χ0v) is 20.3. The number of rotatable bonds is 5. The minimum Gasteiger partial charge on any atom is -0.491 e. The summed E-state index contributed by atoms with van der Waals surface area (Å²) in [5.41, 5.74) is 0.724. The molecule has 10 nitrogen and oxygen atoms in total.